The summed E-state index contributed by atoms with van der Waals surface area (Å²) in [5.41, 5.74) is -0.708. The Morgan fingerprint density at radius 1 is 1.39 bits per heavy atom. The molecule has 0 saturated carbocycles. The van der Waals surface area contributed by atoms with Crippen molar-refractivity contribution in [3.05, 3.63) is 23.9 Å². The molecule has 1 heterocycles. The number of alkyl halides is 3. The molecule has 0 spiro atoms. The molecule has 1 atom stereocenters. The Labute approximate surface area is 104 Å². The fourth-order valence-corrected chi connectivity index (χ4v) is 1.46. The highest BCUT2D eigenvalue weighted by atomic mass is 19.4. The van der Waals surface area contributed by atoms with Crippen LogP contribution in [0.3, 0.4) is 0 Å². The molecule has 1 unspecified atom stereocenters. The molecule has 0 aliphatic rings. The Kier molecular flexibility index (Phi) is 4.95. The SMILES string of the molecule is COCC(Nc1cc(C(F)(F)F)ccn1)C(C)C. The molecule has 6 heteroatoms. The van der Waals surface area contributed by atoms with E-state index in [9.17, 15) is 13.2 Å². The summed E-state index contributed by atoms with van der Waals surface area (Å²) < 4.78 is 42.6. The minimum absolute atomic E-state index is 0.0778. The van der Waals surface area contributed by atoms with Crippen LogP contribution in [0.4, 0.5) is 19.0 Å². The first-order valence-corrected chi connectivity index (χ1v) is 5.63. The fraction of sp³-hybridized carbons (Fsp3) is 0.583. The summed E-state index contributed by atoms with van der Waals surface area (Å²) in [5.74, 6) is 0.432. The van der Waals surface area contributed by atoms with Gasteiger partial charge in [0.2, 0.25) is 0 Å². The molecule has 3 nitrogen and oxygen atoms in total. The third kappa shape index (κ3) is 4.18. The van der Waals surface area contributed by atoms with E-state index < -0.39 is 11.7 Å². The van der Waals surface area contributed by atoms with Gasteiger partial charge in [0.15, 0.2) is 0 Å². The van der Waals surface area contributed by atoms with Crippen molar-refractivity contribution in [3.8, 4) is 0 Å². The predicted molar refractivity (Wildman–Crippen MR) is 63.4 cm³/mol. The van der Waals surface area contributed by atoms with Gasteiger partial charge in [-0.05, 0) is 18.1 Å². The van der Waals surface area contributed by atoms with Crippen LogP contribution < -0.4 is 5.32 Å². The summed E-state index contributed by atoms with van der Waals surface area (Å²) in [7, 11) is 1.55. The number of methoxy groups -OCH3 is 1. The summed E-state index contributed by atoms with van der Waals surface area (Å²) in [6.45, 7) is 4.34. The molecule has 0 saturated heterocycles. The molecule has 0 radical (unpaired) electrons. The number of nitrogens with one attached hydrogen (secondary N) is 1. The first kappa shape index (κ1) is 14.8. The highest BCUT2D eigenvalue weighted by Gasteiger charge is 2.30. The molecule has 1 aromatic rings. The van der Waals surface area contributed by atoms with Gasteiger partial charge in [-0.25, -0.2) is 4.98 Å². The van der Waals surface area contributed by atoms with Gasteiger partial charge in [0.05, 0.1) is 18.2 Å². The minimum Gasteiger partial charge on any atom is -0.383 e. The van der Waals surface area contributed by atoms with Crippen LogP contribution in [-0.2, 0) is 10.9 Å². The summed E-state index contributed by atoms with van der Waals surface area (Å²) >= 11 is 0. The van der Waals surface area contributed by atoms with Crippen LogP contribution in [-0.4, -0.2) is 24.7 Å². The van der Waals surface area contributed by atoms with Gasteiger partial charge in [-0.2, -0.15) is 13.2 Å². The van der Waals surface area contributed by atoms with Crippen molar-refractivity contribution >= 4 is 5.82 Å². The van der Waals surface area contributed by atoms with E-state index in [1.165, 1.54) is 0 Å². The normalized spacial score (nSPS) is 13.7. The fourth-order valence-electron chi connectivity index (χ4n) is 1.46. The van der Waals surface area contributed by atoms with Gasteiger partial charge in [0.25, 0.3) is 0 Å². The maximum absolute atomic E-state index is 12.5. The third-order valence-electron chi connectivity index (χ3n) is 2.57. The van der Waals surface area contributed by atoms with E-state index >= 15 is 0 Å². The van der Waals surface area contributed by atoms with Crippen LogP contribution in [0.1, 0.15) is 19.4 Å². The molecular formula is C12H17F3N2O. The third-order valence-corrected chi connectivity index (χ3v) is 2.57. The number of pyridine rings is 1. The van der Waals surface area contributed by atoms with E-state index in [2.05, 4.69) is 10.3 Å². The molecule has 0 amide bonds. The van der Waals surface area contributed by atoms with Gasteiger partial charge in [0.1, 0.15) is 5.82 Å². The van der Waals surface area contributed by atoms with E-state index in [1.54, 1.807) is 7.11 Å². The average Bonchev–Trinajstić information content (AvgIpc) is 2.27. The van der Waals surface area contributed by atoms with Crippen LogP contribution in [0.25, 0.3) is 0 Å². The molecule has 102 valence electrons. The van der Waals surface area contributed by atoms with Crippen molar-refractivity contribution in [2.24, 2.45) is 5.92 Å². The summed E-state index contributed by atoms with van der Waals surface area (Å²) in [6.07, 6.45) is -3.21. The predicted octanol–water partition coefficient (Wildman–Crippen LogP) is 3.18. The number of aromatic nitrogens is 1. The number of nitrogens with zero attached hydrogens (tertiary/aromatic N) is 1. The van der Waals surface area contributed by atoms with E-state index in [0.717, 1.165) is 18.3 Å². The second kappa shape index (κ2) is 6.04. The topological polar surface area (TPSA) is 34.1 Å². The molecular weight excluding hydrogens is 245 g/mol. The molecule has 1 aromatic heterocycles. The Morgan fingerprint density at radius 2 is 2.06 bits per heavy atom. The molecule has 1 N–H and O–H groups in total. The molecule has 0 aliphatic heterocycles. The Balaban J connectivity index is 2.83. The lowest BCUT2D eigenvalue weighted by Crippen LogP contribution is -2.30. The zero-order valence-electron chi connectivity index (χ0n) is 10.6. The number of halogens is 3. The second-order valence-corrected chi connectivity index (χ2v) is 4.38. The Morgan fingerprint density at radius 3 is 2.56 bits per heavy atom. The Hall–Kier alpha value is -1.30. The molecule has 18 heavy (non-hydrogen) atoms. The van der Waals surface area contributed by atoms with Crippen LogP contribution >= 0.6 is 0 Å². The summed E-state index contributed by atoms with van der Waals surface area (Å²) in [6, 6.07) is 1.88. The van der Waals surface area contributed by atoms with Crippen molar-refractivity contribution in [2.45, 2.75) is 26.1 Å². The largest absolute Gasteiger partial charge is 0.416 e. The number of anilines is 1. The van der Waals surface area contributed by atoms with E-state index in [-0.39, 0.29) is 17.8 Å². The van der Waals surface area contributed by atoms with Gasteiger partial charge in [-0.15, -0.1) is 0 Å². The van der Waals surface area contributed by atoms with Gasteiger partial charge in [-0.3, -0.25) is 0 Å². The lowest BCUT2D eigenvalue weighted by molar-refractivity contribution is -0.137. The van der Waals surface area contributed by atoms with E-state index in [4.69, 9.17) is 4.74 Å². The lowest BCUT2D eigenvalue weighted by Gasteiger charge is -2.22. The van der Waals surface area contributed by atoms with Crippen molar-refractivity contribution in [3.63, 3.8) is 0 Å². The van der Waals surface area contributed by atoms with Crippen molar-refractivity contribution in [1.82, 2.24) is 4.98 Å². The number of ether oxygens (including phenoxy) is 1. The molecule has 0 bridgehead atoms. The zero-order valence-corrected chi connectivity index (χ0v) is 10.6. The number of hydrogen-bond donors (Lipinski definition) is 1. The molecule has 0 aliphatic carbocycles. The van der Waals surface area contributed by atoms with Gasteiger partial charge >= 0.3 is 6.18 Å². The van der Waals surface area contributed by atoms with Crippen LogP contribution in [0.2, 0.25) is 0 Å². The van der Waals surface area contributed by atoms with Crippen LogP contribution in [0.5, 0.6) is 0 Å². The summed E-state index contributed by atoms with van der Waals surface area (Å²) in [5, 5.41) is 2.96. The lowest BCUT2D eigenvalue weighted by atomic mass is 10.1. The molecule has 0 aromatic carbocycles. The highest BCUT2D eigenvalue weighted by molar-refractivity contribution is 5.39. The monoisotopic (exact) mass is 262 g/mol. The quantitative estimate of drug-likeness (QED) is 0.885. The minimum atomic E-state index is -4.35. The standard InChI is InChI=1S/C12H17F3N2O/c1-8(2)10(7-18-3)17-11-6-9(4-5-16-11)12(13,14)15/h4-6,8,10H,7H2,1-3H3,(H,16,17). The maximum atomic E-state index is 12.5. The second-order valence-electron chi connectivity index (χ2n) is 4.38. The number of hydrogen-bond acceptors (Lipinski definition) is 3. The van der Waals surface area contributed by atoms with Crippen LogP contribution in [0, 0.1) is 5.92 Å². The Bertz CT molecular complexity index is 380. The smallest absolute Gasteiger partial charge is 0.383 e. The molecule has 0 fully saturated rings. The maximum Gasteiger partial charge on any atom is 0.416 e. The summed E-state index contributed by atoms with van der Waals surface area (Å²) in [4.78, 5) is 3.89. The average molecular weight is 262 g/mol. The van der Waals surface area contributed by atoms with Gasteiger partial charge in [-0.1, -0.05) is 13.8 Å². The van der Waals surface area contributed by atoms with Crippen LogP contribution in [0.15, 0.2) is 18.3 Å². The molecule has 1 rings (SSSR count). The highest BCUT2D eigenvalue weighted by Crippen LogP contribution is 2.30. The van der Waals surface area contributed by atoms with Crippen molar-refractivity contribution in [1.29, 1.82) is 0 Å². The zero-order chi connectivity index (χ0) is 13.8. The van der Waals surface area contributed by atoms with Gasteiger partial charge in [0, 0.05) is 13.3 Å². The first-order chi connectivity index (χ1) is 8.34. The van der Waals surface area contributed by atoms with Crippen molar-refractivity contribution < 1.29 is 17.9 Å². The number of rotatable bonds is 5. The van der Waals surface area contributed by atoms with E-state index in [1.807, 2.05) is 13.8 Å². The van der Waals surface area contributed by atoms with E-state index in [0.29, 0.717) is 6.61 Å². The van der Waals surface area contributed by atoms with Gasteiger partial charge < -0.3 is 10.1 Å². The van der Waals surface area contributed by atoms with Crippen molar-refractivity contribution in [2.75, 3.05) is 19.0 Å². The first-order valence-electron chi connectivity index (χ1n) is 5.63.